The summed E-state index contributed by atoms with van der Waals surface area (Å²) < 4.78 is 0. The van der Waals surface area contributed by atoms with E-state index in [1.165, 1.54) is 38.5 Å². The van der Waals surface area contributed by atoms with Crippen molar-refractivity contribution in [3.05, 3.63) is 0 Å². The molecular formula is C13H27NO. The SMILES string of the molecule is CCCC(CCC)NC1CCCCC1O. The third-order valence-corrected chi connectivity index (χ3v) is 3.45. The molecule has 1 fully saturated rings. The summed E-state index contributed by atoms with van der Waals surface area (Å²) >= 11 is 0. The molecule has 2 N–H and O–H groups in total. The Bertz CT molecular complexity index is 155. The zero-order valence-corrected chi connectivity index (χ0v) is 10.3. The quantitative estimate of drug-likeness (QED) is 0.711. The first-order chi connectivity index (χ1) is 7.27. The van der Waals surface area contributed by atoms with Gasteiger partial charge in [-0.3, -0.25) is 0 Å². The van der Waals surface area contributed by atoms with Crippen LogP contribution in [0.4, 0.5) is 0 Å². The van der Waals surface area contributed by atoms with Gasteiger partial charge in [0.15, 0.2) is 0 Å². The van der Waals surface area contributed by atoms with Gasteiger partial charge in [-0.1, -0.05) is 39.5 Å². The van der Waals surface area contributed by atoms with Crippen LogP contribution in [0.5, 0.6) is 0 Å². The van der Waals surface area contributed by atoms with Crippen LogP contribution in [0, 0.1) is 0 Å². The van der Waals surface area contributed by atoms with E-state index in [1.54, 1.807) is 0 Å². The van der Waals surface area contributed by atoms with Crippen molar-refractivity contribution < 1.29 is 5.11 Å². The highest BCUT2D eigenvalue weighted by Gasteiger charge is 2.24. The monoisotopic (exact) mass is 213 g/mol. The van der Waals surface area contributed by atoms with Crippen molar-refractivity contribution in [3.8, 4) is 0 Å². The predicted octanol–water partition coefficient (Wildman–Crippen LogP) is 2.85. The van der Waals surface area contributed by atoms with Crippen LogP contribution in [-0.2, 0) is 0 Å². The smallest absolute Gasteiger partial charge is 0.0693 e. The molecule has 0 aliphatic heterocycles. The van der Waals surface area contributed by atoms with Gasteiger partial charge in [0.2, 0.25) is 0 Å². The van der Waals surface area contributed by atoms with Gasteiger partial charge in [0.1, 0.15) is 0 Å². The number of nitrogens with one attached hydrogen (secondary N) is 1. The molecule has 2 unspecified atom stereocenters. The van der Waals surface area contributed by atoms with Crippen LogP contribution in [-0.4, -0.2) is 23.3 Å². The summed E-state index contributed by atoms with van der Waals surface area (Å²) in [4.78, 5) is 0. The van der Waals surface area contributed by atoms with Crippen molar-refractivity contribution in [3.63, 3.8) is 0 Å². The highest BCUT2D eigenvalue weighted by atomic mass is 16.3. The van der Waals surface area contributed by atoms with Crippen molar-refractivity contribution >= 4 is 0 Å². The van der Waals surface area contributed by atoms with E-state index in [4.69, 9.17) is 0 Å². The highest BCUT2D eigenvalue weighted by Crippen LogP contribution is 2.20. The van der Waals surface area contributed by atoms with Gasteiger partial charge in [-0.2, -0.15) is 0 Å². The summed E-state index contributed by atoms with van der Waals surface area (Å²) in [6, 6.07) is 0.986. The van der Waals surface area contributed by atoms with Crippen LogP contribution in [0.1, 0.15) is 65.2 Å². The maximum absolute atomic E-state index is 9.89. The molecular weight excluding hydrogens is 186 g/mol. The molecule has 0 aromatic carbocycles. The Kier molecular flexibility index (Phi) is 6.26. The Morgan fingerprint density at radius 1 is 1.13 bits per heavy atom. The van der Waals surface area contributed by atoms with Gasteiger partial charge in [-0.05, 0) is 25.7 Å². The van der Waals surface area contributed by atoms with Crippen LogP contribution in [0.15, 0.2) is 0 Å². The van der Waals surface area contributed by atoms with Crippen molar-refractivity contribution in [1.29, 1.82) is 0 Å². The molecule has 2 heteroatoms. The van der Waals surface area contributed by atoms with E-state index in [2.05, 4.69) is 19.2 Å². The van der Waals surface area contributed by atoms with Crippen LogP contribution in [0.2, 0.25) is 0 Å². The average Bonchev–Trinajstić information content (AvgIpc) is 2.22. The molecule has 0 amide bonds. The zero-order chi connectivity index (χ0) is 11.1. The van der Waals surface area contributed by atoms with Gasteiger partial charge < -0.3 is 10.4 Å². The zero-order valence-electron chi connectivity index (χ0n) is 10.3. The largest absolute Gasteiger partial charge is 0.392 e. The Morgan fingerprint density at radius 2 is 1.73 bits per heavy atom. The molecule has 1 aliphatic carbocycles. The lowest BCUT2D eigenvalue weighted by molar-refractivity contribution is 0.0832. The number of hydrogen-bond acceptors (Lipinski definition) is 2. The summed E-state index contributed by atoms with van der Waals surface area (Å²) in [7, 11) is 0. The van der Waals surface area contributed by atoms with Crippen LogP contribution in [0.25, 0.3) is 0 Å². The first-order valence-electron chi connectivity index (χ1n) is 6.72. The normalized spacial score (nSPS) is 27.2. The summed E-state index contributed by atoms with van der Waals surface area (Å²) in [6.45, 7) is 4.48. The summed E-state index contributed by atoms with van der Waals surface area (Å²) in [6.07, 6.45) is 9.49. The molecule has 2 atom stereocenters. The van der Waals surface area contributed by atoms with E-state index in [9.17, 15) is 5.11 Å². The first-order valence-corrected chi connectivity index (χ1v) is 6.72. The third-order valence-electron chi connectivity index (χ3n) is 3.45. The first kappa shape index (κ1) is 13.0. The second-order valence-corrected chi connectivity index (χ2v) is 4.90. The lowest BCUT2D eigenvalue weighted by Crippen LogP contribution is -2.47. The van der Waals surface area contributed by atoms with E-state index in [-0.39, 0.29) is 6.10 Å². The molecule has 1 saturated carbocycles. The van der Waals surface area contributed by atoms with E-state index >= 15 is 0 Å². The lowest BCUT2D eigenvalue weighted by atomic mass is 9.91. The van der Waals surface area contributed by atoms with Crippen molar-refractivity contribution in [2.75, 3.05) is 0 Å². The molecule has 0 spiro atoms. The summed E-state index contributed by atoms with van der Waals surface area (Å²) in [5.41, 5.74) is 0. The minimum Gasteiger partial charge on any atom is -0.392 e. The molecule has 0 radical (unpaired) electrons. The van der Waals surface area contributed by atoms with E-state index in [1.807, 2.05) is 0 Å². The Morgan fingerprint density at radius 3 is 2.27 bits per heavy atom. The van der Waals surface area contributed by atoms with Gasteiger partial charge in [-0.15, -0.1) is 0 Å². The fourth-order valence-corrected chi connectivity index (χ4v) is 2.62. The molecule has 1 aliphatic rings. The van der Waals surface area contributed by atoms with Gasteiger partial charge in [0, 0.05) is 12.1 Å². The number of rotatable bonds is 6. The summed E-state index contributed by atoms with van der Waals surface area (Å²) in [5.74, 6) is 0. The average molecular weight is 213 g/mol. The number of aliphatic hydroxyl groups is 1. The summed E-state index contributed by atoms with van der Waals surface area (Å²) in [5, 5.41) is 13.5. The molecule has 2 nitrogen and oxygen atoms in total. The van der Waals surface area contributed by atoms with Crippen LogP contribution < -0.4 is 5.32 Å². The minimum absolute atomic E-state index is 0.102. The molecule has 0 aromatic rings. The molecule has 0 bridgehead atoms. The molecule has 15 heavy (non-hydrogen) atoms. The van der Waals surface area contributed by atoms with Gasteiger partial charge >= 0.3 is 0 Å². The molecule has 0 heterocycles. The minimum atomic E-state index is -0.102. The topological polar surface area (TPSA) is 32.3 Å². The highest BCUT2D eigenvalue weighted by molar-refractivity contribution is 4.83. The molecule has 0 saturated heterocycles. The Hall–Kier alpha value is -0.0800. The van der Waals surface area contributed by atoms with Gasteiger partial charge in [-0.25, -0.2) is 0 Å². The van der Waals surface area contributed by atoms with Crippen LogP contribution >= 0.6 is 0 Å². The van der Waals surface area contributed by atoms with Crippen molar-refractivity contribution in [1.82, 2.24) is 5.32 Å². The fraction of sp³-hybridized carbons (Fsp3) is 1.00. The fourth-order valence-electron chi connectivity index (χ4n) is 2.62. The van der Waals surface area contributed by atoms with Crippen LogP contribution in [0.3, 0.4) is 0 Å². The molecule has 90 valence electrons. The predicted molar refractivity (Wildman–Crippen MR) is 65.0 cm³/mol. The van der Waals surface area contributed by atoms with E-state index in [0.717, 1.165) is 12.8 Å². The van der Waals surface area contributed by atoms with E-state index < -0.39 is 0 Å². The number of aliphatic hydroxyl groups excluding tert-OH is 1. The maximum Gasteiger partial charge on any atom is 0.0693 e. The Balaban J connectivity index is 2.33. The van der Waals surface area contributed by atoms with Gasteiger partial charge in [0.25, 0.3) is 0 Å². The molecule has 1 rings (SSSR count). The van der Waals surface area contributed by atoms with Crippen molar-refractivity contribution in [2.45, 2.75) is 83.4 Å². The maximum atomic E-state index is 9.89. The second-order valence-electron chi connectivity index (χ2n) is 4.90. The van der Waals surface area contributed by atoms with Crippen molar-refractivity contribution in [2.24, 2.45) is 0 Å². The standard InChI is InChI=1S/C13H27NO/c1-3-7-11(8-4-2)14-12-9-5-6-10-13(12)15/h11-15H,3-10H2,1-2H3. The lowest BCUT2D eigenvalue weighted by Gasteiger charge is -2.32. The molecule has 0 aromatic heterocycles. The van der Waals surface area contributed by atoms with Gasteiger partial charge in [0.05, 0.1) is 6.10 Å². The number of hydrogen-bond donors (Lipinski definition) is 2. The van der Waals surface area contributed by atoms with E-state index in [0.29, 0.717) is 12.1 Å². The second kappa shape index (κ2) is 7.24. The third kappa shape index (κ3) is 4.52. The Labute approximate surface area is 94.5 Å².